The third-order valence-corrected chi connectivity index (χ3v) is 17.8. The second kappa shape index (κ2) is 17.6. The van der Waals surface area contributed by atoms with Gasteiger partial charge < -0.3 is 37.6 Å². The van der Waals surface area contributed by atoms with E-state index in [0.717, 1.165) is 38.9 Å². The maximum absolute atomic E-state index is 14.7. The molecule has 15 heteroatoms. The van der Waals surface area contributed by atoms with Crippen molar-refractivity contribution >= 4 is 49.2 Å². The monoisotopic (exact) mass is 924 g/mol. The van der Waals surface area contributed by atoms with Crippen LogP contribution in [0.3, 0.4) is 0 Å². The van der Waals surface area contributed by atoms with E-state index in [0.29, 0.717) is 41.8 Å². The summed E-state index contributed by atoms with van der Waals surface area (Å²) in [6.07, 6.45) is -0.817. The highest BCUT2D eigenvalue weighted by Gasteiger charge is 2.60. The van der Waals surface area contributed by atoms with Gasteiger partial charge in [-0.2, -0.15) is 0 Å². The van der Waals surface area contributed by atoms with Crippen LogP contribution in [0.1, 0.15) is 71.8 Å². The minimum absolute atomic E-state index is 0.0724. The van der Waals surface area contributed by atoms with E-state index in [1.165, 1.54) is 0 Å². The first-order valence-corrected chi connectivity index (χ1v) is 25.0. The zero-order valence-corrected chi connectivity index (χ0v) is 39.7. The van der Waals surface area contributed by atoms with Gasteiger partial charge in [-0.25, -0.2) is 4.79 Å². The fourth-order valence-electron chi connectivity index (χ4n) is 8.92. The molecule has 1 amide bonds. The van der Waals surface area contributed by atoms with Crippen LogP contribution in [0.2, 0.25) is 18.1 Å². The molecule has 4 heterocycles. The quantitative estimate of drug-likeness (QED) is 0.101. The fourth-order valence-corrected chi connectivity index (χ4v) is 10.1. The molecule has 4 aromatic carbocycles. The van der Waals surface area contributed by atoms with Crippen molar-refractivity contribution in [2.24, 2.45) is 0 Å². The van der Waals surface area contributed by atoms with Crippen LogP contribution in [0.5, 0.6) is 28.7 Å². The van der Waals surface area contributed by atoms with Crippen molar-refractivity contribution in [1.29, 1.82) is 0 Å². The van der Waals surface area contributed by atoms with Crippen LogP contribution in [-0.2, 0) is 33.5 Å². The van der Waals surface area contributed by atoms with Gasteiger partial charge in [0.1, 0.15) is 31.8 Å². The lowest BCUT2D eigenvalue weighted by molar-refractivity contribution is -0.136. The van der Waals surface area contributed by atoms with E-state index in [4.69, 9.17) is 72.4 Å². The number of benzene rings is 4. The Morgan fingerprint density at radius 2 is 1.53 bits per heavy atom. The molecule has 62 heavy (non-hydrogen) atoms. The minimum atomic E-state index is -2.41. The topological polar surface area (TPSA) is 97.4 Å². The number of amides is 1. The third kappa shape index (κ3) is 8.68. The molecule has 8 rings (SSSR count). The molecule has 0 spiro atoms. The number of methoxy groups -OCH3 is 1. The number of aryl methyl sites for hydroxylation is 1. The summed E-state index contributed by atoms with van der Waals surface area (Å²) in [5.41, 5.74) is 6.45. The summed E-state index contributed by atoms with van der Waals surface area (Å²) >= 11 is 18.6. The first-order valence-electron chi connectivity index (χ1n) is 21.0. The molecule has 0 radical (unpaired) electrons. The van der Waals surface area contributed by atoms with Gasteiger partial charge in [0.05, 0.1) is 44.5 Å². The number of carbonyl (C=O) groups is 1. The van der Waals surface area contributed by atoms with Gasteiger partial charge in [-0.15, -0.1) is 0 Å². The number of carbonyl (C=O) groups excluding carboxylic acids is 1. The van der Waals surface area contributed by atoms with Crippen molar-refractivity contribution in [3.8, 4) is 28.7 Å². The number of rotatable bonds is 12. The summed E-state index contributed by atoms with van der Waals surface area (Å²) in [4.78, 5) is 18.9. The fraction of sp³-hybridized carbons (Fsp3) is 0.468. The average Bonchev–Trinajstić information content (AvgIpc) is 3.91. The number of nitrogens with zero attached hydrogens (tertiary/aromatic N) is 2. The van der Waals surface area contributed by atoms with Crippen LogP contribution in [0, 0.1) is 13.8 Å². The van der Waals surface area contributed by atoms with Gasteiger partial charge in [0, 0.05) is 16.7 Å². The largest absolute Gasteiger partial charge is 0.493 e. The molecule has 0 aromatic heterocycles. The van der Waals surface area contributed by atoms with Crippen LogP contribution >= 0.6 is 34.8 Å². The molecule has 2 bridgehead atoms. The summed E-state index contributed by atoms with van der Waals surface area (Å²) in [6.45, 7) is 15.9. The second-order valence-electron chi connectivity index (χ2n) is 17.9. The van der Waals surface area contributed by atoms with Crippen LogP contribution in [-0.4, -0.2) is 80.0 Å². The molecule has 4 aromatic rings. The highest BCUT2D eigenvalue weighted by molar-refractivity contribution is 6.74. The minimum Gasteiger partial charge on any atom is -0.493 e. The smallest absolute Gasteiger partial charge is 0.410 e. The lowest BCUT2D eigenvalue weighted by Gasteiger charge is -2.57. The number of ether oxygens (including phenoxy) is 7. The maximum atomic E-state index is 14.7. The Morgan fingerprint density at radius 3 is 2.16 bits per heavy atom. The Balaban J connectivity index is 1.30. The molecule has 4 aliphatic heterocycles. The summed E-state index contributed by atoms with van der Waals surface area (Å²) < 4.78 is 50.1. The Bertz CT molecular complexity index is 2270. The third-order valence-electron chi connectivity index (χ3n) is 13.0. The van der Waals surface area contributed by atoms with Crippen molar-refractivity contribution in [2.75, 3.05) is 33.7 Å². The molecule has 0 unspecified atom stereocenters. The van der Waals surface area contributed by atoms with Crippen molar-refractivity contribution in [3.63, 3.8) is 0 Å². The zero-order chi connectivity index (χ0) is 44.1. The molecule has 5 atom stereocenters. The van der Waals surface area contributed by atoms with Crippen molar-refractivity contribution in [3.05, 3.63) is 112 Å². The van der Waals surface area contributed by atoms with Gasteiger partial charge in [0.25, 0.3) is 0 Å². The number of halogens is 3. The molecule has 11 nitrogen and oxygen atoms in total. The van der Waals surface area contributed by atoms with Gasteiger partial charge >= 0.3 is 6.09 Å². The Labute approximate surface area is 380 Å². The zero-order valence-electron chi connectivity index (χ0n) is 36.5. The van der Waals surface area contributed by atoms with Gasteiger partial charge in [-0.3, -0.25) is 9.80 Å². The van der Waals surface area contributed by atoms with E-state index < -0.39 is 49.2 Å². The first kappa shape index (κ1) is 44.7. The van der Waals surface area contributed by atoms with Crippen molar-refractivity contribution in [2.45, 2.75) is 107 Å². The molecule has 4 aliphatic rings. The van der Waals surface area contributed by atoms with Gasteiger partial charge in [-0.05, 0) is 66.7 Å². The van der Waals surface area contributed by atoms with E-state index in [2.05, 4.69) is 50.9 Å². The number of hydrogen-bond donors (Lipinski definition) is 0. The summed E-state index contributed by atoms with van der Waals surface area (Å²) in [5.74, 6) is 3.09. The number of hydrogen-bond acceptors (Lipinski definition) is 10. The molecular formula is C47H55Cl3N2O9Si. The Hall–Kier alpha value is -3.88. The van der Waals surface area contributed by atoms with Crippen LogP contribution < -0.4 is 23.7 Å². The molecule has 0 saturated carbocycles. The number of alkyl halides is 3. The summed E-state index contributed by atoms with van der Waals surface area (Å²) in [5, 5.41) is -0.115. The number of piperazine rings is 1. The molecule has 332 valence electrons. The van der Waals surface area contributed by atoms with Gasteiger partial charge in [-0.1, -0.05) is 122 Å². The lowest BCUT2D eigenvalue weighted by Crippen LogP contribution is -2.68. The molecule has 2 fully saturated rings. The SMILES string of the molecule is COc1c(C)cc2c(c1OCc1ccccc1)[C@@H]1[C@H](CO[Si](C)(C)C(C)(C)C)N3[C@H](c4cc(OCc5ccccc5)c(C)c5c4OCO5)CO[C@H]3[C@H](C2)N1C(=O)OCC(Cl)(Cl)Cl. The predicted molar refractivity (Wildman–Crippen MR) is 242 cm³/mol. The molecular weight excluding hydrogens is 871 g/mol. The summed E-state index contributed by atoms with van der Waals surface area (Å²) in [6, 6.07) is 22.1. The van der Waals surface area contributed by atoms with Crippen LogP contribution in [0.4, 0.5) is 4.79 Å². The molecule has 0 aliphatic carbocycles. The maximum Gasteiger partial charge on any atom is 0.410 e. The summed E-state index contributed by atoms with van der Waals surface area (Å²) in [7, 11) is -0.769. The number of fused-ring (bicyclic) bond motifs is 7. The van der Waals surface area contributed by atoms with E-state index in [1.807, 2.05) is 74.5 Å². The van der Waals surface area contributed by atoms with Crippen LogP contribution in [0.25, 0.3) is 0 Å². The normalized spacial score (nSPS) is 21.9. The van der Waals surface area contributed by atoms with E-state index in [9.17, 15) is 4.79 Å². The van der Waals surface area contributed by atoms with Crippen LogP contribution in [0.15, 0.2) is 72.8 Å². The molecule has 2 saturated heterocycles. The Morgan fingerprint density at radius 1 is 0.887 bits per heavy atom. The van der Waals surface area contributed by atoms with E-state index in [1.54, 1.807) is 12.0 Å². The van der Waals surface area contributed by atoms with Crippen molar-refractivity contribution < 1.29 is 42.4 Å². The first-order chi connectivity index (χ1) is 29.5. The van der Waals surface area contributed by atoms with E-state index in [-0.39, 0.29) is 37.7 Å². The van der Waals surface area contributed by atoms with E-state index >= 15 is 0 Å². The highest BCUT2D eigenvalue weighted by Crippen LogP contribution is 2.57. The average molecular weight is 926 g/mol. The Kier molecular flexibility index (Phi) is 12.7. The lowest BCUT2D eigenvalue weighted by atomic mass is 9.78. The van der Waals surface area contributed by atoms with Crippen molar-refractivity contribution in [1.82, 2.24) is 9.80 Å². The molecule has 0 N–H and O–H groups in total. The predicted octanol–water partition coefficient (Wildman–Crippen LogP) is 10.8. The highest BCUT2D eigenvalue weighted by atomic mass is 35.6. The van der Waals surface area contributed by atoms with Gasteiger partial charge in [0.15, 0.2) is 31.3 Å². The standard InChI is InChI=1S/C47H55Cl3N2O9Si/c1-28-19-32-20-34-44-51(35(24-57-44)33-21-37(29(2)41-42(33)60-27-59-41)55-22-30-15-11-9-12-16-30)36(25-61-62(7,8)46(3,4)5)39(52(34)45(53)58-26-47(48,49)50)38(32)43(40(28)54-6)56-23-31-17-13-10-14-18-31/h9-19,21,34-36,39,44H,20,22-27H2,1-8H3/t34-,35-,36-,39-,44-/m0/s1. The second-order valence-corrected chi connectivity index (χ2v) is 25.3. The van der Waals surface area contributed by atoms with Gasteiger partial charge in [0.2, 0.25) is 10.6 Å².